The molecule has 0 bridgehead atoms. The smallest absolute Gasteiger partial charge is 0.410 e. The minimum absolute atomic E-state index is 0.105. The molecule has 1 aliphatic heterocycles. The zero-order valence-electron chi connectivity index (χ0n) is 17.9. The van der Waals surface area contributed by atoms with Crippen LogP contribution in [0.3, 0.4) is 0 Å². The molecule has 2 heterocycles. The van der Waals surface area contributed by atoms with Gasteiger partial charge in [-0.05, 0) is 51.3 Å². The zero-order chi connectivity index (χ0) is 21.9. The molecule has 30 heavy (non-hydrogen) atoms. The highest BCUT2D eigenvalue weighted by molar-refractivity contribution is 6.30. The van der Waals surface area contributed by atoms with Crippen LogP contribution in [-0.2, 0) is 16.6 Å². The van der Waals surface area contributed by atoms with E-state index in [2.05, 4.69) is 10.3 Å². The Bertz CT molecular complexity index is 889. The number of nitrogens with zero attached hydrogens (tertiary/aromatic N) is 3. The topological polar surface area (TPSA) is 76.5 Å². The Kier molecular flexibility index (Phi) is 6.71. The van der Waals surface area contributed by atoms with Crippen molar-refractivity contribution in [1.29, 1.82) is 0 Å². The number of carbonyl (C=O) groups is 2. The molecule has 1 aromatic carbocycles. The number of benzene rings is 1. The van der Waals surface area contributed by atoms with E-state index in [-0.39, 0.29) is 17.9 Å². The molecular formula is C22H29ClN4O3. The van der Waals surface area contributed by atoms with Gasteiger partial charge < -0.3 is 19.5 Å². The Balaban J connectivity index is 1.74. The highest BCUT2D eigenvalue weighted by atomic mass is 35.5. The van der Waals surface area contributed by atoms with Crippen LogP contribution in [0.1, 0.15) is 51.0 Å². The number of halogens is 1. The predicted octanol–water partition coefficient (Wildman–Crippen LogP) is 3.93. The van der Waals surface area contributed by atoms with Gasteiger partial charge in [-0.2, -0.15) is 0 Å². The van der Waals surface area contributed by atoms with E-state index in [1.54, 1.807) is 23.2 Å². The molecule has 2 aromatic rings. The van der Waals surface area contributed by atoms with Crippen LogP contribution in [-0.4, -0.2) is 45.1 Å². The Morgan fingerprint density at radius 2 is 1.97 bits per heavy atom. The van der Waals surface area contributed by atoms with Crippen LogP contribution in [0.5, 0.6) is 0 Å². The number of amides is 2. The number of carbonyl (C=O) groups excluding carboxylic acids is 2. The molecule has 0 aliphatic carbocycles. The number of piperidine rings is 1. The van der Waals surface area contributed by atoms with Gasteiger partial charge in [0, 0.05) is 37.6 Å². The number of aromatic nitrogens is 2. The van der Waals surface area contributed by atoms with Crippen LogP contribution in [0.15, 0.2) is 36.7 Å². The summed E-state index contributed by atoms with van der Waals surface area (Å²) in [4.78, 5) is 31.6. The van der Waals surface area contributed by atoms with E-state index in [0.717, 1.165) is 24.2 Å². The van der Waals surface area contributed by atoms with Crippen LogP contribution in [0.25, 0.3) is 0 Å². The molecule has 0 saturated carbocycles. The molecular weight excluding hydrogens is 404 g/mol. The predicted molar refractivity (Wildman–Crippen MR) is 115 cm³/mol. The number of imidazole rings is 1. The SMILES string of the molecule is Cn1ccnc1C(NC(=O)C1CCCN(C(=O)OC(C)(C)C)C1)c1ccc(Cl)cc1. The molecule has 162 valence electrons. The van der Waals surface area contributed by atoms with Gasteiger partial charge in [0.2, 0.25) is 5.91 Å². The summed E-state index contributed by atoms with van der Waals surface area (Å²) in [6.07, 6.45) is 4.65. The van der Waals surface area contributed by atoms with E-state index in [9.17, 15) is 9.59 Å². The third-order valence-corrected chi connectivity index (χ3v) is 5.30. The van der Waals surface area contributed by atoms with Crippen LogP contribution < -0.4 is 5.32 Å². The molecule has 0 radical (unpaired) electrons. The van der Waals surface area contributed by atoms with E-state index in [0.29, 0.717) is 18.1 Å². The molecule has 1 fully saturated rings. The van der Waals surface area contributed by atoms with Crippen LogP contribution in [0.2, 0.25) is 5.02 Å². The van der Waals surface area contributed by atoms with Crippen LogP contribution >= 0.6 is 11.6 Å². The molecule has 0 spiro atoms. The number of rotatable bonds is 4. The molecule has 1 aliphatic rings. The minimum Gasteiger partial charge on any atom is -0.444 e. The molecule has 7 nitrogen and oxygen atoms in total. The van der Waals surface area contributed by atoms with Gasteiger partial charge in [0.05, 0.1) is 5.92 Å². The van der Waals surface area contributed by atoms with Gasteiger partial charge in [0.15, 0.2) is 0 Å². The van der Waals surface area contributed by atoms with Crippen molar-refractivity contribution >= 4 is 23.6 Å². The summed E-state index contributed by atoms with van der Waals surface area (Å²) >= 11 is 6.03. The highest BCUT2D eigenvalue weighted by Gasteiger charge is 2.32. The first-order valence-corrected chi connectivity index (χ1v) is 10.5. The fraction of sp³-hybridized carbons (Fsp3) is 0.500. The molecule has 1 saturated heterocycles. The van der Waals surface area contributed by atoms with Crippen molar-refractivity contribution in [2.45, 2.75) is 45.3 Å². The first kappa shape index (κ1) is 22.2. The van der Waals surface area contributed by atoms with E-state index in [1.165, 1.54) is 0 Å². The third kappa shape index (κ3) is 5.53. The second-order valence-electron chi connectivity index (χ2n) is 8.66. The molecule has 2 atom stereocenters. The quantitative estimate of drug-likeness (QED) is 0.794. The lowest BCUT2D eigenvalue weighted by molar-refractivity contribution is -0.127. The van der Waals surface area contributed by atoms with Crippen LogP contribution in [0.4, 0.5) is 4.79 Å². The molecule has 8 heteroatoms. The Morgan fingerprint density at radius 1 is 1.27 bits per heavy atom. The van der Waals surface area contributed by atoms with Crippen LogP contribution in [0, 0.1) is 5.92 Å². The highest BCUT2D eigenvalue weighted by Crippen LogP contribution is 2.25. The monoisotopic (exact) mass is 432 g/mol. The van der Waals surface area contributed by atoms with Crippen molar-refractivity contribution in [2.24, 2.45) is 13.0 Å². The lowest BCUT2D eigenvalue weighted by atomic mass is 9.96. The van der Waals surface area contributed by atoms with Gasteiger partial charge in [-0.1, -0.05) is 23.7 Å². The number of aryl methyl sites for hydroxylation is 1. The van der Waals surface area contributed by atoms with Crippen molar-refractivity contribution in [2.75, 3.05) is 13.1 Å². The lowest BCUT2D eigenvalue weighted by Crippen LogP contribution is -2.47. The number of hydrogen-bond acceptors (Lipinski definition) is 4. The number of nitrogens with one attached hydrogen (secondary N) is 1. The molecule has 3 rings (SSSR count). The summed E-state index contributed by atoms with van der Waals surface area (Å²) in [6.45, 7) is 6.45. The number of likely N-dealkylation sites (tertiary alicyclic amines) is 1. The Morgan fingerprint density at radius 3 is 2.57 bits per heavy atom. The molecule has 1 aromatic heterocycles. The van der Waals surface area contributed by atoms with Crippen molar-refractivity contribution in [3.63, 3.8) is 0 Å². The summed E-state index contributed by atoms with van der Waals surface area (Å²) in [6, 6.07) is 6.95. The van der Waals surface area contributed by atoms with Gasteiger partial charge >= 0.3 is 6.09 Å². The first-order chi connectivity index (χ1) is 14.1. The molecule has 2 unspecified atom stereocenters. The third-order valence-electron chi connectivity index (χ3n) is 5.05. The molecule has 1 N–H and O–H groups in total. The standard InChI is InChI=1S/C22H29ClN4O3/c1-22(2,3)30-21(29)27-12-5-6-16(14-27)20(28)25-18(19-24-11-13-26(19)4)15-7-9-17(23)10-8-15/h7-11,13,16,18H,5-6,12,14H2,1-4H3,(H,25,28). The van der Waals surface area contributed by atoms with Crippen molar-refractivity contribution < 1.29 is 14.3 Å². The van der Waals surface area contributed by atoms with E-state index in [1.807, 2.05) is 50.7 Å². The van der Waals surface area contributed by atoms with Gasteiger partial charge in [-0.25, -0.2) is 9.78 Å². The summed E-state index contributed by atoms with van der Waals surface area (Å²) < 4.78 is 7.35. The minimum atomic E-state index is -0.565. The van der Waals surface area contributed by atoms with Gasteiger partial charge in [0.1, 0.15) is 17.5 Å². The summed E-state index contributed by atoms with van der Waals surface area (Å²) in [5.74, 6) is 0.318. The van der Waals surface area contributed by atoms with Gasteiger partial charge in [-0.15, -0.1) is 0 Å². The zero-order valence-corrected chi connectivity index (χ0v) is 18.6. The maximum atomic E-state index is 13.2. The van der Waals surface area contributed by atoms with Crippen molar-refractivity contribution in [1.82, 2.24) is 19.8 Å². The van der Waals surface area contributed by atoms with E-state index >= 15 is 0 Å². The molecule has 2 amide bonds. The average Bonchev–Trinajstić information content (AvgIpc) is 3.11. The largest absolute Gasteiger partial charge is 0.444 e. The van der Waals surface area contributed by atoms with Gasteiger partial charge in [-0.3, -0.25) is 4.79 Å². The van der Waals surface area contributed by atoms with Gasteiger partial charge in [0.25, 0.3) is 0 Å². The maximum absolute atomic E-state index is 13.2. The first-order valence-electron chi connectivity index (χ1n) is 10.1. The Labute approximate surface area is 182 Å². The fourth-order valence-electron chi connectivity index (χ4n) is 3.55. The summed E-state index contributed by atoms with van der Waals surface area (Å²) in [7, 11) is 1.89. The second-order valence-corrected chi connectivity index (χ2v) is 9.09. The fourth-order valence-corrected chi connectivity index (χ4v) is 3.68. The lowest BCUT2D eigenvalue weighted by Gasteiger charge is -2.34. The summed E-state index contributed by atoms with van der Waals surface area (Å²) in [5, 5.41) is 3.76. The van der Waals surface area contributed by atoms with E-state index in [4.69, 9.17) is 16.3 Å². The van der Waals surface area contributed by atoms with Crippen molar-refractivity contribution in [3.05, 3.63) is 53.1 Å². The normalized spacial score (nSPS) is 18.0. The summed E-state index contributed by atoms with van der Waals surface area (Å²) in [5.41, 5.74) is 0.325. The maximum Gasteiger partial charge on any atom is 0.410 e. The van der Waals surface area contributed by atoms with Crippen molar-refractivity contribution in [3.8, 4) is 0 Å². The van der Waals surface area contributed by atoms with E-state index < -0.39 is 11.6 Å². The second kappa shape index (κ2) is 9.08. The number of ether oxygens (including phenoxy) is 1. The number of hydrogen-bond donors (Lipinski definition) is 1. The Hall–Kier alpha value is -2.54. The average molecular weight is 433 g/mol.